The molecule has 0 aliphatic rings. The van der Waals surface area contributed by atoms with Crippen LogP contribution in [0.1, 0.15) is 290 Å². The molecule has 0 spiro atoms. The molecular formula is C61H110O5. The van der Waals surface area contributed by atoms with E-state index in [1.54, 1.807) is 0 Å². The van der Waals surface area contributed by atoms with Crippen LogP contribution >= 0.6 is 0 Å². The summed E-state index contributed by atoms with van der Waals surface area (Å²) in [5.41, 5.74) is 0. The summed E-state index contributed by atoms with van der Waals surface area (Å²) in [5.74, 6) is -0.403. The molecule has 0 saturated heterocycles. The Balaban J connectivity index is 4.26. The maximum atomic E-state index is 12.9. The Hall–Kier alpha value is -2.40. The minimum absolute atomic E-state index is 0.0786. The van der Waals surface area contributed by atoms with Crippen molar-refractivity contribution in [3.63, 3.8) is 0 Å². The third kappa shape index (κ3) is 54.2. The van der Waals surface area contributed by atoms with Crippen molar-refractivity contribution in [3.05, 3.63) is 60.8 Å². The lowest BCUT2D eigenvalue weighted by molar-refractivity contribution is -0.163. The first-order chi connectivity index (χ1) is 32.6. The van der Waals surface area contributed by atoms with Crippen LogP contribution in [0, 0.1) is 0 Å². The molecule has 0 aliphatic carbocycles. The maximum absolute atomic E-state index is 12.9. The molecule has 384 valence electrons. The Kier molecular flexibility index (Phi) is 54.9. The quantitative estimate of drug-likeness (QED) is 0.0346. The molecular weight excluding hydrogens is 813 g/mol. The van der Waals surface area contributed by atoms with E-state index in [1.165, 1.54) is 186 Å². The third-order valence-electron chi connectivity index (χ3n) is 12.5. The number of hydrogen-bond acceptors (Lipinski definition) is 5. The third-order valence-corrected chi connectivity index (χ3v) is 12.5. The number of rotatable bonds is 53. The lowest BCUT2D eigenvalue weighted by Gasteiger charge is -2.18. The van der Waals surface area contributed by atoms with Crippen LogP contribution in [0.2, 0.25) is 0 Å². The van der Waals surface area contributed by atoms with E-state index in [0.717, 1.165) is 70.6 Å². The van der Waals surface area contributed by atoms with Crippen LogP contribution in [0.3, 0.4) is 0 Å². The molecule has 0 aliphatic heterocycles. The largest absolute Gasteiger partial charge is 0.462 e. The monoisotopic (exact) mass is 923 g/mol. The van der Waals surface area contributed by atoms with Crippen molar-refractivity contribution in [2.24, 2.45) is 0 Å². The molecule has 0 heterocycles. The Morgan fingerprint density at radius 3 is 1.12 bits per heavy atom. The average Bonchev–Trinajstić information content (AvgIpc) is 3.32. The average molecular weight is 924 g/mol. The topological polar surface area (TPSA) is 61.8 Å². The molecule has 0 aromatic carbocycles. The number of unbranched alkanes of at least 4 members (excludes halogenated alkanes) is 32. The van der Waals surface area contributed by atoms with Crippen molar-refractivity contribution in [2.75, 3.05) is 19.8 Å². The van der Waals surface area contributed by atoms with E-state index in [2.05, 4.69) is 81.5 Å². The fraction of sp³-hybridized carbons (Fsp3) is 0.803. The van der Waals surface area contributed by atoms with Crippen molar-refractivity contribution in [1.29, 1.82) is 0 Å². The summed E-state index contributed by atoms with van der Waals surface area (Å²) in [6, 6.07) is 0. The minimum atomic E-state index is -0.546. The number of ether oxygens (including phenoxy) is 3. The molecule has 0 rings (SSSR count). The Morgan fingerprint density at radius 2 is 0.682 bits per heavy atom. The van der Waals surface area contributed by atoms with Gasteiger partial charge in [0.15, 0.2) is 6.10 Å². The zero-order valence-electron chi connectivity index (χ0n) is 44.2. The number of carbonyl (C=O) groups excluding carboxylic acids is 2. The predicted molar refractivity (Wildman–Crippen MR) is 288 cm³/mol. The van der Waals surface area contributed by atoms with E-state index < -0.39 is 6.10 Å². The molecule has 0 aromatic rings. The first kappa shape index (κ1) is 63.6. The smallest absolute Gasteiger partial charge is 0.306 e. The molecule has 0 fully saturated rings. The van der Waals surface area contributed by atoms with E-state index in [-0.39, 0.29) is 25.2 Å². The number of allylic oxidation sites excluding steroid dienone is 10. The van der Waals surface area contributed by atoms with Crippen molar-refractivity contribution in [3.8, 4) is 0 Å². The fourth-order valence-electron chi connectivity index (χ4n) is 8.22. The van der Waals surface area contributed by atoms with Crippen LogP contribution in [0.5, 0.6) is 0 Å². The van der Waals surface area contributed by atoms with Crippen molar-refractivity contribution < 1.29 is 23.8 Å². The number of carbonyl (C=O) groups is 2. The molecule has 0 amide bonds. The molecule has 0 radical (unpaired) electrons. The molecule has 0 bridgehead atoms. The normalized spacial score (nSPS) is 12.6. The first-order valence-corrected chi connectivity index (χ1v) is 28.8. The van der Waals surface area contributed by atoms with Crippen molar-refractivity contribution in [2.45, 2.75) is 297 Å². The predicted octanol–water partition coefficient (Wildman–Crippen LogP) is 19.7. The van der Waals surface area contributed by atoms with Crippen LogP contribution in [-0.2, 0) is 23.8 Å². The SMILES string of the molecule is CC/C=C\C/C=C\C/C=C\CCCCCCCCCC(=O)OC(COCCCCCCCC/C=C\CCCCCC)COC(=O)CCCCCCCCCCC/C=C\CCCCCCCC. The summed E-state index contributed by atoms with van der Waals surface area (Å²) in [6.07, 6.45) is 72.4. The second-order valence-corrected chi connectivity index (χ2v) is 19.2. The lowest BCUT2D eigenvalue weighted by atomic mass is 10.1. The van der Waals surface area contributed by atoms with Crippen LogP contribution in [-0.4, -0.2) is 37.9 Å². The van der Waals surface area contributed by atoms with Crippen LogP contribution in [0.4, 0.5) is 0 Å². The first-order valence-electron chi connectivity index (χ1n) is 28.8. The second kappa shape index (κ2) is 56.9. The zero-order valence-corrected chi connectivity index (χ0v) is 44.2. The Bertz CT molecular complexity index is 1130. The maximum Gasteiger partial charge on any atom is 0.306 e. The Labute approximate surface area is 411 Å². The van der Waals surface area contributed by atoms with Gasteiger partial charge in [0.1, 0.15) is 6.61 Å². The Morgan fingerprint density at radius 1 is 0.348 bits per heavy atom. The van der Waals surface area contributed by atoms with Gasteiger partial charge in [-0.25, -0.2) is 0 Å². The van der Waals surface area contributed by atoms with Gasteiger partial charge in [0.2, 0.25) is 0 Å². The fourth-order valence-corrected chi connectivity index (χ4v) is 8.22. The molecule has 0 N–H and O–H groups in total. The van der Waals surface area contributed by atoms with E-state index in [9.17, 15) is 9.59 Å². The van der Waals surface area contributed by atoms with Crippen LogP contribution in [0.25, 0.3) is 0 Å². The second-order valence-electron chi connectivity index (χ2n) is 19.2. The van der Waals surface area contributed by atoms with E-state index in [4.69, 9.17) is 14.2 Å². The summed E-state index contributed by atoms with van der Waals surface area (Å²) in [5, 5.41) is 0. The van der Waals surface area contributed by atoms with Gasteiger partial charge < -0.3 is 14.2 Å². The highest BCUT2D eigenvalue weighted by molar-refractivity contribution is 5.70. The summed E-state index contributed by atoms with van der Waals surface area (Å²) in [7, 11) is 0. The van der Waals surface area contributed by atoms with Gasteiger partial charge in [0.05, 0.1) is 6.61 Å². The molecule has 5 nitrogen and oxygen atoms in total. The molecule has 1 atom stereocenters. The standard InChI is InChI=1S/C61H110O5/c1-4-7-10-13-16-19-22-25-28-30-31-33-34-36-39-42-45-48-51-54-60(62)65-58-59(57-64-56-53-50-47-44-41-38-27-24-21-18-15-12-9-6-3)66-61(63)55-52-49-46-43-40-37-35-32-29-26-23-20-17-14-11-8-5-2/h8,11,17,20-21,24-26,28-29,59H,4-7,9-10,12-16,18-19,22-23,27,30-58H2,1-3H3/b11-8-,20-17-,24-21-,28-25-,29-26-. The number of hydrogen-bond donors (Lipinski definition) is 0. The van der Waals surface area contributed by atoms with Crippen molar-refractivity contribution >= 4 is 11.9 Å². The van der Waals surface area contributed by atoms with Gasteiger partial charge in [-0.05, 0) is 103 Å². The van der Waals surface area contributed by atoms with Gasteiger partial charge in [-0.2, -0.15) is 0 Å². The van der Waals surface area contributed by atoms with Gasteiger partial charge in [-0.15, -0.1) is 0 Å². The summed E-state index contributed by atoms with van der Waals surface area (Å²) >= 11 is 0. The van der Waals surface area contributed by atoms with Gasteiger partial charge >= 0.3 is 11.9 Å². The highest BCUT2D eigenvalue weighted by Crippen LogP contribution is 2.15. The molecule has 0 saturated carbocycles. The molecule has 0 aromatic heterocycles. The summed E-state index contributed by atoms with van der Waals surface area (Å²) < 4.78 is 17.5. The molecule has 1 unspecified atom stereocenters. The lowest BCUT2D eigenvalue weighted by Crippen LogP contribution is -2.30. The number of esters is 2. The van der Waals surface area contributed by atoms with Crippen molar-refractivity contribution in [1.82, 2.24) is 0 Å². The molecule has 66 heavy (non-hydrogen) atoms. The van der Waals surface area contributed by atoms with Gasteiger partial charge in [-0.1, -0.05) is 236 Å². The van der Waals surface area contributed by atoms with Crippen LogP contribution < -0.4 is 0 Å². The van der Waals surface area contributed by atoms with Gasteiger partial charge in [0, 0.05) is 19.4 Å². The minimum Gasteiger partial charge on any atom is -0.462 e. The van der Waals surface area contributed by atoms with Gasteiger partial charge in [0.25, 0.3) is 0 Å². The summed E-state index contributed by atoms with van der Waals surface area (Å²) in [4.78, 5) is 25.5. The zero-order chi connectivity index (χ0) is 47.7. The van der Waals surface area contributed by atoms with E-state index >= 15 is 0 Å². The van der Waals surface area contributed by atoms with Gasteiger partial charge in [-0.3, -0.25) is 9.59 Å². The summed E-state index contributed by atoms with van der Waals surface area (Å²) in [6.45, 7) is 7.71. The van der Waals surface area contributed by atoms with E-state index in [0.29, 0.717) is 19.4 Å². The molecule has 5 heteroatoms. The highest BCUT2D eigenvalue weighted by Gasteiger charge is 2.17. The highest BCUT2D eigenvalue weighted by atomic mass is 16.6. The van der Waals surface area contributed by atoms with Crippen LogP contribution in [0.15, 0.2) is 60.8 Å². The van der Waals surface area contributed by atoms with E-state index in [1.807, 2.05) is 0 Å².